The standard InChI is InChI=1S/C4H6N3O2/c1-7-3-5-4(9-8)2-6-7/h2,6,8H,1H3. The third-order valence-electron chi connectivity index (χ3n) is 0.785. The van der Waals surface area contributed by atoms with Crippen LogP contribution >= 0.6 is 0 Å². The molecule has 0 bridgehead atoms. The number of rotatable bonds is 1. The van der Waals surface area contributed by atoms with Gasteiger partial charge in [-0.15, -0.1) is 0 Å². The summed E-state index contributed by atoms with van der Waals surface area (Å²) < 4.78 is 0. The van der Waals surface area contributed by atoms with Crippen LogP contribution in [-0.2, 0) is 4.89 Å². The summed E-state index contributed by atoms with van der Waals surface area (Å²) in [6.45, 7) is 0. The molecule has 0 aliphatic carbocycles. The molecule has 9 heavy (non-hydrogen) atoms. The smallest absolute Gasteiger partial charge is 0.275 e. The lowest BCUT2D eigenvalue weighted by molar-refractivity contribution is -0.204. The van der Waals surface area contributed by atoms with Crippen LogP contribution in [0.1, 0.15) is 0 Å². The van der Waals surface area contributed by atoms with E-state index in [-0.39, 0.29) is 5.88 Å². The molecular formula is C4H6N3O2. The zero-order valence-electron chi connectivity index (χ0n) is 4.83. The van der Waals surface area contributed by atoms with Gasteiger partial charge in [0.15, 0.2) is 6.34 Å². The minimum absolute atomic E-state index is 0.0908. The zero-order valence-corrected chi connectivity index (χ0v) is 4.83. The summed E-state index contributed by atoms with van der Waals surface area (Å²) in [5.74, 6) is 0.0908. The lowest BCUT2D eigenvalue weighted by Crippen LogP contribution is -2.31. The number of nitrogens with zero attached hydrogens (tertiary/aromatic N) is 2. The van der Waals surface area contributed by atoms with E-state index < -0.39 is 0 Å². The first kappa shape index (κ1) is 5.90. The quantitative estimate of drug-likeness (QED) is 0.373. The maximum atomic E-state index is 8.02. The molecule has 0 saturated carbocycles. The second-order valence-corrected chi connectivity index (χ2v) is 1.47. The van der Waals surface area contributed by atoms with Crippen molar-refractivity contribution in [3.8, 4) is 0 Å². The highest BCUT2D eigenvalue weighted by atomic mass is 17.1. The fraction of sp³-hybridized carbons (Fsp3) is 0.250. The molecule has 1 rings (SSSR count). The maximum Gasteiger partial charge on any atom is 0.275 e. The Labute approximate surface area is 52.2 Å². The summed E-state index contributed by atoms with van der Waals surface area (Å²) in [5.41, 5.74) is 2.66. The van der Waals surface area contributed by atoms with Gasteiger partial charge in [0.25, 0.3) is 5.88 Å². The molecule has 0 saturated heterocycles. The van der Waals surface area contributed by atoms with Gasteiger partial charge in [0.2, 0.25) is 0 Å². The highest BCUT2D eigenvalue weighted by molar-refractivity contribution is 5.56. The summed E-state index contributed by atoms with van der Waals surface area (Å²) in [5, 5.41) is 9.51. The molecule has 0 aromatic rings. The Bertz CT molecular complexity index is 154. The van der Waals surface area contributed by atoms with Crippen molar-refractivity contribution < 1.29 is 10.1 Å². The molecule has 1 aliphatic rings. The van der Waals surface area contributed by atoms with Gasteiger partial charge < -0.3 is 4.89 Å². The topological polar surface area (TPSA) is 57.1 Å². The van der Waals surface area contributed by atoms with Gasteiger partial charge in [0, 0.05) is 7.05 Å². The lowest BCUT2D eigenvalue weighted by Gasteiger charge is -2.14. The summed E-state index contributed by atoms with van der Waals surface area (Å²) in [4.78, 5) is 7.31. The van der Waals surface area contributed by atoms with Gasteiger partial charge in [0.05, 0.1) is 6.20 Å². The van der Waals surface area contributed by atoms with Gasteiger partial charge in [-0.1, -0.05) is 0 Å². The number of hydrogen-bond acceptors (Lipinski definition) is 5. The molecule has 49 valence electrons. The average Bonchev–Trinajstić information content (AvgIpc) is 1.90. The molecule has 0 aromatic carbocycles. The monoisotopic (exact) mass is 128 g/mol. The first-order chi connectivity index (χ1) is 4.33. The van der Waals surface area contributed by atoms with Crippen molar-refractivity contribution in [3.63, 3.8) is 0 Å². The van der Waals surface area contributed by atoms with Crippen LogP contribution < -0.4 is 5.43 Å². The fourth-order valence-corrected chi connectivity index (χ4v) is 0.384. The number of hydrogen-bond donors (Lipinski definition) is 2. The molecule has 0 fully saturated rings. The number of hydrazine groups is 1. The molecule has 5 nitrogen and oxygen atoms in total. The van der Waals surface area contributed by atoms with Gasteiger partial charge in [-0.2, -0.15) is 4.99 Å². The third kappa shape index (κ3) is 1.33. The molecular weight excluding hydrogens is 122 g/mol. The SMILES string of the molecule is CN1[C]=NC(OO)=CN1. The second-order valence-electron chi connectivity index (χ2n) is 1.47. The Balaban J connectivity index is 2.52. The van der Waals surface area contributed by atoms with Gasteiger partial charge in [0.1, 0.15) is 0 Å². The second kappa shape index (κ2) is 2.36. The van der Waals surface area contributed by atoms with E-state index in [0.29, 0.717) is 0 Å². The van der Waals surface area contributed by atoms with Crippen molar-refractivity contribution in [2.24, 2.45) is 4.99 Å². The number of nitrogens with one attached hydrogen (secondary N) is 1. The molecule has 2 N–H and O–H groups in total. The minimum atomic E-state index is 0.0908. The highest BCUT2D eigenvalue weighted by Crippen LogP contribution is 1.96. The largest absolute Gasteiger partial charge is 0.318 e. The molecule has 0 unspecified atom stereocenters. The van der Waals surface area contributed by atoms with Gasteiger partial charge in [-0.25, -0.2) is 5.26 Å². The lowest BCUT2D eigenvalue weighted by atomic mass is 10.8. The van der Waals surface area contributed by atoms with Crippen molar-refractivity contribution in [1.29, 1.82) is 0 Å². The Morgan fingerprint density at radius 2 is 2.78 bits per heavy atom. The van der Waals surface area contributed by atoms with Crippen LogP contribution in [0.5, 0.6) is 0 Å². The predicted molar refractivity (Wildman–Crippen MR) is 30.1 cm³/mol. The van der Waals surface area contributed by atoms with E-state index >= 15 is 0 Å². The molecule has 0 aromatic heterocycles. The van der Waals surface area contributed by atoms with E-state index in [1.165, 1.54) is 11.2 Å². The maximum absolute atomic E-state index is 8.02. The fourth-order valence-electron chi connectivity index (χ4n) is 0.384. The van der Waals surface area contributed by atoms with Crippen LogP contribution in [0.4, 0.5) is 0 Å². The van der Waals surface area contributed by atoms with Crippen molar-refractivity contribution in [2.75, 3.05) is 7.05 Å². The van der Waals surface area contributed by atoms with E-state index in [9.17, 15) is 0 Å². The molecule has 0 spiro atoms. The summed E-state index contributed by atoms with van der Waals surface area (Å²) in [7, 11) is 1.72. The van der Waals surface area contributed by atoms with E-state index in [1.54, 1.807) is 7.05 Å². The summed E-state index contributed by atoms with van der Waals surface area (Å²) >= 11 is 0. The van der Waals surface area contributed by atoms with E-state index in [1.807, 2.05) is 0 Å². The Kier molecular flexibility index (Phi) is 1.55. The van der Waals surface area contributed by atoms with Crippen LogP contribution in [0.25, 0.3) is 0 Å². The van der Waals surface area contributed by atoms with Crippen molar-refractivity contribution in [1.82, 2.24) is 10.4 Å². The first-order valence-corrected chi connectivity index (χ1v) is 2.31. The van der Waals surface area contributed by atoms with Crippen LogP contribution in [0.2, 0.25) is 0 Å². The molecule has 1 heterocycles. The first-order valence-electron chi connectivity index (χ1n) is 2.31. The molecule has 1 radical (unpaired) electrons. The molecule has 5 heteroatoms. The summed E-state index contributed by atoms with van der Waals surface area (Å²) in [6, 6.07) is 0. The van der Waals surface area contributed by atoms with Gasteiger partial charge in [-0.05, 0) is 0 Å². The van der Waals surface area contributed by atoms with E-state index in [0.717, 1.165) is 0 Å². The Morgan fingerprint density at radius 1 is 2.00 bits per heavy atom. The van der Waals surface area contributed by atoms with Crippen LogP contribution in [0.3, 0.4) is 0 Å². The highest BCUT2D eigenvalue weighted by Gasteiger charge is 2.00. The Morgan fingerprint density at radius 3 is 3.22 bits per heavy atom. The van der Waals surface area contributed by atoms with Crippen LogP contribution in [0, 0.1) is 0 Å². The number of aliphatic imine (C=N–C) groups is 1. The third-order valence-corrected chi connectivity index (χ3v) is 0.785. The van der Waals surface area contributed by atoms with Crippen molar-refractivity contribution in [3.05, 3.63) is 12.1 Å². The zero-order chi connectivity index (χ0) is 6.69. The van der Waals surface area contributed by atoms with E-state index in [4.69, 9.17) is 5.26 Å². The van der Waals surface area contributed by atoms with Crippen LogP contribution in [-0.4, -0.2) is 23.7 Å². The van der Waals surface area contributed by atoms with Gasteiger partial charge in [-0.3, -0.25) is 10.4 Å². The van der Waals surface area contributed by atoms with Gasteiger partial charge >= 0.3 is 0 Å². The molecule has 0 atom stereocenters. The molecule has 1 aliphatic heterocycles. The van der Waals surface area contributed by atoms with Crippen LogP contribution in [0.15, 0.2) is 17.1 Å². The van der Waals surface area contributed by atoms with E-state index in [2.05, 4.69) is 21.6 Å². The minimum Gasteiger partial charge on any atom is -0.318 e. The molecule has 0 amide bonds. The van der Waals surface area contributed by atoms with Crippen molar-refractivity contribution >= 4 is 6.34 Å². The van der Waals surface area contributed by atoms with Crippen molar-refractivity contribution in [2.45, 2.75) is 0 Å². The normalized spacial score (nSPS) is 16.7. The summed E-state index contributed by atoms with van der Waals surface area (Å²) in [6.07, 6.45) is 3.88. The Hall–Kier alpha value is -1.23. The predicted octanol–water partition coefficient (Wildman–Crippen LogP) is -0.370. The average molecular weight is 128 g/mol.